The third-order valence-corrected chi connectivity index (χ3v) is 7.23. The number of rotatable bonds is 14. The fourth-order valence-corrected chi connectivity index (χ4v) is 4.88. The molecule has 250 valence electrons. The van der Waals surface area contributed by atoms with Crippen LogP contribution in [0.5, 0.6) is 11.5 Å². The van der Waals surface area contributed by atoms with Crippen molar-refractivity contribution in [3.63, 3.8) is 0 Å². The lowest BCUT2D eigenvalue weighted by molar-refractivity contribution is -0.140. The minimum absolute atomic E-state index is 0.122. The Morgan fingerprint density at radius 3 is 2.28 bits per heavy atom. The first-order valence-corrected chi connectivity index (χ1v) is 15.1. The molecule has 15 heteroatoms. The Bertz CT molecular complexity index is 1390. The monoisotopic (exact) mass is 640 g/mol. The van der Waals surface area contributed by atoms with Crippen LogP contribution in [0, 0.1) is 0 Å². The zero-order valence-corrected chi connectivity index (χ0v) is 26.4. The van der Waals surface area contributed by atoms with Gasteiger partial charge in [0.2, 0.25) is 30.0 Å². The van der Waals surface area contributed by atoms with Crippen LogP contribution in [0.15, 0.2) is 36.4 Å². The predicted molar refractivity (Wildman–Crippen MR) is 170 cm³/mol. The van der Waals surface area contributed by atoms with Crippen molar-refractivity contribution in [2.24, 2.45) is 11.5 Å². The normalized spacial score (nSPS) is 17.9. The Kier molecular flexibility index (Phi) is 13.7. The Morgan fingerprint density at radius 1 is 1.00 bits per heavy atom. The van der Waals surface area contributed by atoms with Crippen molar-refractivity contribution < 1.29 is 33.4 Å². The van der Waals surface area contributed by atoms with Crippen LogP contribution in [0.2, 0.25) is 0 Å². The molecule has 46 heavy (non-hydrogen) atoms. The van der Waals surface area contributed by atoms with E-state index < -0.39 is 41.8 Å². The third kappa shape index (κ3) is 9.39. The van der Waals surface area contributed by atoms with E-state index in [1.807, 2.05) is 13.0 Å². The maximum atomic E-state index is 13.8. The topological polar surface area (TPSA) is 219 Å². The fourth-order valence-electron chi connectivity index (χ4n) is 4.88. The van der Waals surface area contributed by atoms with Gasteiger partial charge in [-0.05, 0) is 48.9 Å². The highest BCUT2D eigenvalue weighted by Crippen LogP contribution is 2.40. The Labute approximate surface area is 268 Å². The van der Waals surface area contributed by atoms with E-state index in [2.05, 4.69) is 26.6 Å². The molecule has 1 aliphatic heterocycles. The fraction of sp³-hybridized carbons (Fsp3) is 0.452. The van der Waals surface area contributed by atoms with Crippen molar-refractivity contribution in [1.29, 1.82) is 0 Å². The second kappa shape index (κ2) is 17.7. The van der Waals surface area contributed by atoms with Gasteiger partial charge in [-0.2, -0.15) is 0 Å². The molecule has 3 atom stereocenters. The molecule has 2 aromatic carbocycles. The average Bonchev–Trinajstić information content (AvgIpc) is 3.05. The molecule has 4 bridgehead atoms. The molecule has 1 heterocycles. The quantitative estimate of drug-likeness (QED) is 0.0720. The van der Waals surface area contributed by atoms with Crippen LogP contribution >= 0.6 is 0 Å². The molecule has 0 spiro atoms. The molecular formula is C31H44N8O7. The van der Waals surface area contributed by atoms with Crippen LogP contribution in [0.3, 0.4) is 0 Å². The number of ether oxygens (including phenoxy) is 2. The highest BCUT2D eigenvalue weighted by molar-refractivity contribution is 5.95. The highest BCUT2D eigenvalue weighted by Gasteiger charge is 2.33. The van der Waals surface area contributed by atoms with Gasteiger partial charge in [0.25, 0.3) is 0 Å². The summed E-state index contributed by atoms with van der Waals surface area (Å²) in [6.45, 7) is 4.75. The molecule has 2 aromatic rings. The molecule has 0 aliphatic carbocycles. The van der Waals surface area contributed by atoms with Crippen molar-refractivity contribution >= 4 is 30.0 Å². The summed E-state index contributed by atoms with van der Waals surface area (Å²) in [6, 6.07) is 7.08. The summed E-state index contributed by atoms with van der Waals surface area (Å²) >= 11 is 0. The van der Waals surface area contributed by atoms with Crippen molar-refractivity contribution in [1.82, 2.24) is 31.5 Å². The zero-order valence-electron chi connectivity index (χ0n) is 26.4. The number of fused-ring (bicyclic) bond motifs is 5. The van der Waals surface area contributed by atoms with Crippen molar-refractivity contribution in [3.05, 3.63) is 47.5 Å². The van der Waals surface area contributed by atoms with Gasteiger partial charge in [0.15, 0.2) is 0 Å². The summed E-state index contributed by atoms with van der Waals surface area (Å²) in [4.78, 5) is 65.5. The van der Waals surface area contributed by atoms with E-state index in [0.29, 0.717) is 46.7 Å². The molecule has 1 aliphatic rings. The Morgan fingerprint density at radius 2 is 1.65 bits per heavy atom. The molecule has 9 N–H and O–H groups in total. The summed E-state index contributed by atoms with van der Waals surface area (Å²) in [6.07, 6.45) is 0.505. The molecule has 0 saturated carbocycles. The highest BCUT2D eigenvalue weighted by atomic mass is 16.5. The van der Waals surface area contributed by atoms with Crippen LogP contribution in [-0.4, -0.2) is 100 Å². The van der Waals surface area contributed by atoms with E-state index in [9.17, 15) is 24.0 Å². The van der Waals surface area contributed by atoms with Gasteiger partial charge in [-0.1, -0.05) is 19.1 Å². The molecule has 0 radical (unpaired) electrons. The summed E-state index contributed by atoms with van der Waals surface area (Å²) in [5.74, 6) is -1.34. The van der Waals surface area contributed by atoms with Gasteiger partial charge in [-0.15, -0.1) is 0 Å². The van der Waals surface area contributed by atoms with E-state index >= 15 is 0 Å². The van der Waals surface area contributed by atoms with E-state index in [-0.39, 0.29) is 45.9 Å². The van der Waals surface area contributed by atoms with Gasteiger partial charge >= 0.3 is 0 Å². The summed E-state index contributed by atoms with van der Waals surface area (Å²) in [5.41, 5.74) is 13.7. The van der Waals surface area contributed by atoms with Crippen LogP contribution in [0.25, 0.3) is 11.1 Å². The van der Waals surface area contributed by atoms with E-state index in [4.69, 9.17) is 20.9 Å². The molecule has 3 rings (SSSR count). The van der Waals surface area contributed by atoms with E-state index in [1.165, 1.54) is 18.9 Å². The van der Waals surface area contributed by atoms with Crippen LogP contribution < -0.4 is 47.5 Å². The number of nitrogens with one attached hydrogen (secondary N) is 5. The van der Waals surface area contributed by atoms with Gasteiger partial charge in [-0.3, -0.25) is 24.0 Å². The first-order chi connectivity index (χ1) is 22.1. The van der Waals surface area contributed by atoms with Crippen LogP contribution in [0.4, 0.5) is 0 Å². The number of hydrogen-bond donors (Lipinski definition) is 7. The standard InChI is InChI=1S/C31H44N8O7/c1-4-34-17-36-30(43)24-14-20-5-7-25(45-11-9-32)22(13-20)23-15-21(6-8-26(23)46-12-10-33)28(39(3)27(41)16-35-18-40)31(44)37-19(2)29(42)38-24/h5-8,13,15,18-19,24,28,34H,4,9-12,14,16-17,32-33H2,1-3H3,(H,35,40)(H,36,43)(H,37,44)(H,38,42)/t19-,24?,28?/m0/s1. The lowest BCUT2D eigenvalue weighted by atomic mass is 9.93. The number of hydrogen-bond acceptors (Lipinski definition) is 10. The molecule has 15 nitrogen and oxygen atoms in total. The Hall–Kier alpha value is -4.73. The first kappa shape index (κ1) is 35.7. The van der Waals surface area contributed by atoms with Gasteiger partial charge < -0.3 is 52.4 Å². The molecule has 0 saturated heterocycles. The lowest BCUT2D eigenvalue weighted by Crippen LogP contribution is -2.55. The number of amides is 5. The average molecular weight is 641 g/mol. The zero-order chi connectivity index (χ0) is 33.6. The number of nitrogens with zero attached hydrogens (tertiary/aromatic N) is 1. The SMILES string of the molecule is CCNCNC(=O)C1Cc2ccc(OCCN)c(c2)-c2cc(ccc2OCCN)C(N(C)C(=O)CNC=O)C(=O)N[C@@H](C)C(=O)N1. The summed E-state index contributed by atoms with van der Waals surface area (Å²) < 4.78 is 12.0. The molecule has 0 fully saturated rings. The van der Waals surface area contributed by atoms with Gasteiger partial charge in [0.1, 0.15) is 42.8 Å². The van der Waals surface area contributed by atoms with E-state index in [0.717, 1.165) is 0 Å². The first-order valence-electron chi connectivity index (χ1n) is 15.1. The number of likely N-dealkylation sites (N-methyl/N-ethyl adjacent to an activating group) is 1. The lowest BCUT2D eigenvalue weighted by Gasteiger charge is -2.30. The van der Waals surface area contributed by atoms with Crippen molar-refractivity contribution in [2.45, 2.75) is 38.4 Å². The van der Waals surface area contributed by atoms with E-state index in [1.54, 1.807) is 30.3 Å². The van der Waals surface area contributed by atoms with Crippen molar-refractivity contribution in [3.8, 4) is 22.6 Å². The number of carbonyl (C=O) groups excluding carboxylic acids is 5. The van der Waals surface area contributed by atoms with Crippen LogP contribution in [-0.2, 0) is 30.4 Å². The minimum Gasteiger partial charge on any atom is -0.492 e. The maximum Gasteiger partial charge on any atom is 0.248 e. The third-order valence-electron chi connectivity index (χ3n) is 7.23. The maximum absolute atomic E-state index is 13.8. The minimum atomic E-state index is -1.22. The van der Waals surface area contributed by atoms with Gasteiger partial charge in [-0.25, -0.2) is 0 Å². The smallest absolute Gasteiger partial charge is 0.248 e. The number of carbonyl (C=O) groups is 5. The summed E-state index contributed by atoms with van der Waals surface area (Å²) in [7, 11) is 1.42. The number of benzene rings is 2. The molecule has 0 aromatic heterocycles. The van der Waals surface area contributed by atoms with Gasteiger partial charge in [0, 0.05) is 37.7 Å². The Balaban J connectivity index is 2.26. The summed E-state index contributed by atoms with van der Waals surface area (Å²) in [5, 5.41) is 13.5. The van der Waals surface area contributed by atoms with Crippen molar-refractivity contribution in [2.75, 3.05) is 53.1 Å². The molecule has 2 unspecified atom stereocenters. The van der Waals surface area contributed by atoms with Gasteiger partial charge in [0.05, 0.1) is 13.2 Å². The largest absolute Gasteiger partial charge is 0.492 e. The molecule has 5 amide bonds. The molecular weight excluding hydrogens is 596 g/mol. The predicted octanol–water partition coefficient (Wildman–Crippen LogP) is -1.50. The number of nitrogens with two attached hydrogens (primary N) is 2. The second-order valence-corrected chi connectivity index (χ2v) is 10.6. The second-order valence-electron chi connectivity index (χ2n) is 10.6. The van der Waals surface area contributed by atoms with Crippen LogP contribution in [0.1, 0.15) is 31.0 Å².